The second kappa shape index (κ2) is 11.3. The van der Waals surface area contributed by atoms with Crippen molar-refractivity contribution in [1.29, 1.82) is 5.26 Å². The summed E-state index contributed by atoms with van der Waals surface area (Å²) in [5.74, 6) is -0.267. The van der Waals surface area contributed by atoms with Crippen LogP contribution in [0.2, 0.25) is 0 Å². The van der Waals surface area contributed by atoms with Gasteiger partial charge in [-0.2, -0.15) is 5.26 Å². The van der Waals surface area contributed by atoms with Crippen LogP contribution in [0.15, 0.2) is 41.8 Å². The highest BCUT2D eigenvalue weighted by Crippen LogP contribution is 2.30. The number of amides is 1. The van der Waals surface area contributed by atoms with Crippen LogP contribution in [0.4, 0.5) is 0 Å². The summed E-state index contributed by atoms with van der Waals surface area (Å²) in [6, 6.07) is 12.9. The van der Waals surface area contributed by atoms with Crippen LogP contribution in [-0.4, -0.2) is 47.6 Å². The van der Waals surface area contributed by atoms with E-state index in [1.807, 2.05) is 25.1 Å². The lowest BCUT2D eigenvalue weighted by Crippen LogP contribution is -2.32. The fourth-order valence-corrected chi connectivity index (χ4v) is 4.34. The molecule has 1 heterocycles. The highest BCUT2D eigenvalue weighted by Gasteiger charge is 2.21. The zero-order chi connectivity index (χ0) is 24.7. The molecule has 0 fully saturated rings. The Labute approximate surface area is 202 Å². The van der Waals surface area contributed by atoms with Crippen LogP contribution >= 0.6 is 11.3 Å². The van der Waals surface area contributed by atoms with Gasteiger partial charge in [-0.1, -0.05) is 12.1 Å². The van der Waals surface area contributed by atoms with Crippen molar-refractivity contribution < 1.29 is 24.2 Å². The zero-order valence-corrected chi connectivity index (χ0v) is 20.0. The predicted molar refractivity (Wildman–Crippen MR) is 128 cm³/mol. The van der Waals surface area contributed by atoms with Gasteiger partial charge in [-0.25, -0.2) is 9.78 Å². The van der Waals surface area contributed by atoms with Crippen molar-refractivity contribution in [1.82, 2.24) is 9.88 Å². The number of nitriles is 1. The second-order valence-electron chi connectivity index (χ2n) is 7.58. The first kappa shape index (κ1) is 24.7. The number of rotatable bonds is 10. The van der Waals surface area contributed by atoms with Crippen LogP contribution < -0.4 is 9.47 Å². The molecule has 9 heteroatoms. The summed E-state index contributed by atoms with van der Waals surface area (Å²) in [6.07, 6.45) is 1.33. The summed E-state index contributed by atoms with van der Waals surface area (Å²) in [6.45, 7) is 2.44. The molecule has 0 unspecified atom stereocenters. The van der Waals surface area contributed by atoms with E-state index in [1.165, 1.54) is 30.9 Å². The first-order chi connectivity index (χ1) is 16.4. The van der Waals surface area contributed by atoms with Crippen LogP contribution in [0.25, 0.3) is 0 Å². The molecule has 3 aromatic rings. The van der Waals surface area contributed by atoms with Gasteiger partial charge in [0.05, 0.1) is 32.4 Å². The van der Waals surface area contributed by atoms with Gasteiger partial charge in [-0.15, -0.1) is 11.3 Å². The topological polar surface area (TPSA) is 113 Å². The number of aromatic nitrogens is 1. The first-order valence-corrected chi connectivity index (χ1v) is 11.4. The van der Waals surface area contributed by atoms with Crippen LogP contribution in [0.5, 0.6) is 11.5 Å². The summed E-state index contributed by atoms with van der Waals surface area (Å²) < 4.78 is 10.8. The molecule has 34 heavy (non-hydrogen) atoms. The fraction of sp³-hybridized carbons (Fsp3) is 0.280. The molecule has 0 bridgehead atoms. The van der Waals surface area contributed by atoms with Gasteiger partial charge in [0.1, 0.15) is 16.5 Å². The third-order valence-corrected chi connectivity index (χ3v) is 6.17. The normalized spacial score (nSPS) is 10.4. The highest BCUT2D eigenvalue weighted by molar-refractivity contribution is 7.09. The monoisotopic (exact) mass is 479 g/mol. The number of benzene rings is 2. The molecule has 0 atom stereocenters. The molecule has 0 saturated heterocycles. The molecule has 1 aromatic heterocycles. The van der Waals surface area contributed by atoms with E-state index >= 15 is 0 Å². The van der Waals surface area contributed by atoms with Crippen LogP contribution in [0.1, 0.15) is 49.0 Å². The molecule has 1 amide bonds. The molecule has 176 valence electrons. The number of nitrogens with zero attached hydrogens (tertiary/aromatic N) is 3. The minimum absolute atomic E-state index is 0.0422. The largest absolute Gasteiger partial charge is 0.496 e. The Morgan fingerprint density at radius 1 is 1.18 bits per heavy atom. The van der Waals surface area contributed by atoms with E-state index in [2.05, 4.69) is 11.1 Å². The summed E-state index contributed by atoms with van der Waals surface area (Å²) >= 11 is 1.20. The van der Waals surface area contributed by atoms with Gasteiger partial charge in [0.2, 0.25) is 0 Å². The Balaban J connectivity index is 1.84. The zero-order valence-electron chi connectivity index (χ0n) is 19.2. The van der Waals surface area contributed by atoms with Crippen molar-refractivity contribution in [2.75, 3.05) is 20.8 Å². The number of aryl methyl sites for hydroxylation is 1. The predicted octanol–water partition coefficient (Wildman–Crippen LogP) is 4.31. The lowest BCUT2D eigenvalue weighted by molar-refractivity contribution is 0.0691. The maximum Gasteiger partial charge on any atom is 0.355 e. The van der Waals surface area contributed by atoms with Gasteiger partial charge in [0, 0.05) is 23.1 Å². The smallest absolute Gasteiger partial charge is 0.355 e. The van der Waals surface area contributed by atoms with Crippen molar-refractivity contribution in [2.24, 2.45) is 0 Å². The SMILES string of the molecule is COc1cc(C(=O)N(CCCc2cccc(C#N)c2)Cc2nc(C(=O)O)cs2)cc(OC)c1C. The van der Waals surface area contributed by atoms with Crippen LogP contribution in [0.3, 0.4) is 0 Å². The average Bonchev–Trinajstić information content (AvgIpc) is 3.32. The number of carbonyl (C=O) groups is 2. The quantitative estimate of drug-likeness (QED) is 0.461. The van der Waals surface area contributed by atoms with Crippen LogP contribution in [-0.2, 0) is 13.0 Å². The van der Waals surface area contributed by atoms with E-state index in [-0.39, 0.29) is 18.1 Å². The van der Waals surface area contributed by atoms with Crippen molar-refractivity contribution in [3.8, 4) is 17.6 Å². The second-order valence-corrected chi connectivity index (χ2v) is 8.52. The average molecular weight is 480 g/mol. The highest BCUT2D eigenvalue weighted by atomic mass is 32.1. The van der Waals surface area contributed by atoms with Gasteiger partial charge >= 0.3 is 5.97 Å². The van der Waals surface area contributed by atoms with Crippen molar-refractivity contribution >= 4 is 23.2 Å². The molecule has 0 aliphatic rings. The number of hydrogen-bond acceptors (Lipinski definition) is 7. The number of carboxylic acids is 1. The molecule has 1 N–H and O–H groups in total. The lowest BCUT2D eigenvalue weighted by Gasteiger charge is -2.23. The van der Waals surface area contributed by atoms with Crippen molar-refractivity contribution in [2.45, 2.75) is 26.3 Å². The molecule has 0 radical (unpaired) electrons. The van der Waals surface area contributed by atoms with E-state index in [1.54, 1.807) is 23.1 Å². The van der Waals surface area contributed by atoms with Gasteiger partial charge in [0.25, 0.3) is 5.91 Å². The molecule has 2 aromatic carbocycles. The van der Waals surface area contributed by atoms with E-state index in [4.69, 9.17) is 14.7 Å². The summed E-state index contributed by atoms with van der Waals surface area (Å²) in [5.41, 5.74) is 2.75. The molecule has 0 spiro atoms. The minimum Gasteiger partial charge on any atom is -0.496 e. The fourth-order valence-electron chi connectivity index (χ4n) is 3.56. The Hall–Kier alpha value is -3.90. The van der Waals surface area contributed by atoms with Gasteiger partial charge in [-0.05, 0) is 49.6 Å². The first-order valence-electron chi connectivity index (χ1n) is 10.5. The molecule has 0 saturated carbocycles. The third kappa shape index (κ3) is 5.91. The summed E-state index contributed by atoms with van der Waals surface area (Å²) in [7, 11) is 3.07. The minimum atomic E-state index is -1.11. The maximum atomic E-state index is 13.5. The molecular weight excluding hydrogens is 454 g/mol. The van der Waals surface area contributed by atoms with Gasteiger partial charge in [0.15, 0.2) is 5.69 Å². The van der Waals surface area contributed by atoms with E-state index in [0.717, 1.165) is 11.1 Å². The van der Waals surface area contributed by atoms with Gasteiger partial charge in [-0.3, -0.25) is 4.79 Å². The number of hydrogen-bond donors (Lipinski definition) is 1. The number of methoxy groups -OCH3 is 2. The number of ether oxygens (including phenoxy) is 2. The number of aromatic carboxylic acids is 1. The summed E-state index contributed by atoms with van der Waals surface area (Å²) in [5, 5.41) is 20.3. The van der Waals surface area contributed by atoms with Crippen molar-refractivity contribution in [3.63, 3.8) is 0 Å². The molecule has 0 aliphatic heterocycles. The number of carbonyl (C=O) groups excluding carboxylic acids is 1. The molecule has 8 nitrogen and oxygen atoms in total. The Morgan fingerprint density at radius 3 is 2.47 bits per heavy atom. The standard InChI is InChI=1S/C25H25N3O5S/c1-16-21(32-2)11-19(12-22(16)33-3)24(29)28(14-23-27-20(15-34-23)25(30)31)9-5-8-17-6-4-7-18(10-17)13-26/h4,6-7,10-12,15H,5,8-9,14H2,1-3H3,(H,30,31). The summed E-state index contributed by atoms with van der Waals surface area (Å²) in [4.78, 5) is 30.5. The van der Waals surface area contributed by atoms with Crippen molar-refractivity contribution in [3.05, 3.63) is 74.7 Å². The number of carboxylic acid groups (broad SMARTS) is 1. The molecule has 3 rings (SSSR count). The van der Waals surface area contributed by atoms with Crippen LogP contribution in [0, 0.1) is 18.3 Å². The Kier molecular flexibility index (Phi) is 8.22. The van der Waals surface area contributed by atoms with E-state index in [0.29, 0.717) is 47.0 Å². The Bertz CT molecular complexity index is 1210. The Morgan fingerprint density at radius 2 is 1.88 bits per heavy atom. The van der Waals surface area contributed by atoms with Gasteiger partial charge < -0.3 is 19.5 Å². The number of thiazole rings is 1. The molecular formula is C25H25N3O5S. The maximum absolute atomic E-state index is 13.5. The van der Waals surface area contributed by atoms with E-state index < -0.39 is 5.97 Å². The third-order valence-electron chi connectivity index (χ3n) is 5.33. The molecule has 0 aliphatic carbocycles. The van der Waals surface area contributed by atoms with E-state index in [9.17, 15) is 14.7 Å². The lowest BCUT2D eigenvalue weighted by atomic mass is 10.1.